The Bertz CT molecular complexity index is 1050. The van der Waals surface area contributed by atoms with E-state index in [2.05, 4.69) is 15.4 Å². The predicted octanol–water partition coefficient (Wildman–Crippen LogP) is 4.87. The standard InChI is InChI=1S/C19H16Cl2N4OS/c1-10-7-11(20)3-4-13(10)18-16-17(14-8-12(21)5-6-22-14)24-25(2)19(16)23-15(26)9-27-18/h3-8,18H,9H2,1-2H3,(H,23,26). The van der Waals surface area contributed by atoms with Gasteiger partial charge in [-0.3, -0.25) is 14.5 Å². The van der Waals surface area contributed by atoms with Gasteiger partial charge in [0, 0.05) is 28.9 Å². The summed E-state index contributed by atoms with van der Waals surface area (Å²) < 4.78 is 1.69. The van der Waals surface area contributed by atoms with Crippen molar-refractivity contribution in [3.63, 3.8) is 0 Å². The molecule has 2 aromatic heterocycles. The van der Waals surface area contributed by atoms with Gasteiger partial charge in [0.1, 0.15) is 11.5 Å². The fraction of sp³-hybridized carbons (Fsp3) is 0.211. The molecule has 0 fully saturated rings. The fourth-order valence-electron chi connectivity index (χ4n) is 3.25. The molecule has 3 aromatic rings. The monoisotopic (exact) mass is 418 g/mol. The first-order valence-corrected chi connectivity index (χ1v) is 10.1. The summed E-state index contributed by atoms with van der Waals surface area (Å²) in [5.41, 5.74) is 4.47. The van der Waals surface area contributed by atoms with Gasteiger partial charge in [-0.05, 0) is 42.3 Å². The van der Waals surface area contributed by atoms with Crippen LogP contribution in [0.4, 0.5) is 5.82 Å². The highest BCUT2D eigenvalue weighted by Crippen LogP contribution is 2.46. The Morgan fingerprint density at radius 2 is 2.00 bits per heavy atom. The van der Waals surface area contributed by atoms with E-state index in [1.807, 2.05) is 32.2 Å². The highest BCUT2D eigenvalue weighted by Gasteiger charge is 2.32. The van der Waals surface area contributed by atoms with Crippen molar-refractivity contribution in [1.82, 2.24) is 14.8 Å². The van der Waals surface area contributed by atoms with Gasteiger partial charge in [-0.15, -0.1) is 11.8 Å². The lowest BCUT2D eigenvalue weighted by atomic mass is 9.98. The van der Waals surface area contributed by atoms with Gasteiger partial charge in [-0.2, -0.15) is 5.10 Å². The average Bonchev–Trinajstić information content (AvgIpc) is 2.82. The van der Waals surface area contributed by atoms with E-state index in [0.29, 0.717) is 33.0 Å². The minimum Gasteiger partial charge on any atom is -0.310 e. The first-order valence-electron chi connectivity index (χ1n) is 8.30. The Balaban J connectivity index is 1.96. The van der Waals surface area contributed by atoms with Crippen LogP contribution in [0.5, 0.6) is 0 Å². The molecule has 27 heavy (non-hydrogen) atoms. The van der Waals surface area contributed by atoms with E-state index >= 15 is 0 Å². The maximum absolute atomic E-state index is 12.3. The van der Waals surface area contributed by atoms with Crippen LogP contribution in [0.25, 0.3) is 11.4 Å². The zero-order chi connectivity index (χ0) is 19.1. The summed E-state index contributed by atoms with van der Waals surface area (Å²) in [6.45, 7) is 2.02. The van der Waals surface area contributed by atoms with Crippen LogP contribution in [-0.4, -0.2) is 26.4 Å². The molecule has 0 bridgehead atoms. The maximum atomic E-state index is 12.3. The van der Waals surface area contributed by atoms with E-state index in [1.54, 1.807) is 34.8 Å². The molecule has 3 heterocycles. The van der Waals surface area contributed by atoms with Crippen LogP contribution in [0.2, 0.25) is 10.0 Å². The van der Waals surface area contributed by atoms with E-state index < -0.39 is 0 Å². The summed E-state index contributed by atoms with van der Waals surface area (Å²) in [5.74, 6) is 0.981. The molecule has 1 aliphatic heterocycles. The first kappa shape index (κ1) is 18.3. The number of rotatable bonds is 2. The van der Waals surface area contributed by atoms with Crippen LogP contribution in [0, 0.1) is 6.92 Å². The highest BCUT2D eigenvalue weighted by molar-refractivity contribution is 8.00. The van der Waals surface area contributed by atoms with Crippen molar-refractivity contribution in [2.75, 3.05) is 11.1 Å². The minimum absolute atomic E-state index is 0.0519. The molecular weight excluding hydrogens is 403 g/mol. The third-order valence-corrected chi connectivity index (χ3v) is 6.19. The molecule has 0 saturated heterocycles. The summed E-state index contributed by atoms with van der Waals surface area (Å²) in [6, 6.07) is 9.33. The van der Waals surface area contributed by atoms with Crippen LogP contribution < -0.4 is 5.32 Å². The van der Waals surface area contributed by atoms with Crippen LogP contribution >= 0.6 is 35.0 Å². The predicted molar refractivity (Wildman–Crippen MR) is 111 cm³/mol. The number of nitrogens with one attached hydrogen (secondary N) is 1. The van der Waals surface area contributed by atoms with Crippen molar-refractivity contribution in [1.29, 1.82) is 0 Å². The molecule has 138 valence electrons. The van der Waals surface area contributed by atoms with Crippen molar-refractivity contribution in [2.24, 2.45) is 7.05 Å². The van der Waals surface area contributed by atoms with Crippen LogP contribution in [0.3, 0.4) is 0 Å². The van der Waals surface area contributed by atoms with Gasteiger partial charge in [-0.1, -0.05) is 29.3 Å². The number of carbonyl (C=O) groups excluding carboxylic acids is 1. The zero-order valence-corrected chi connectivity index (χ0v) is 17.0. The zero-order valence-electron chi connectivity index (χ0n) is 14.7. The lowest BCUT2D eigenvalue weighted by Crippen LogP contribution is -2.15. The van der Waals surface area contributed by atoms with Gasteiger partial charge in [0.05, 0.1) is 16.7 Å². The minimum atomic E-state index is -0.0827. The molecule has 1 atom stereocenters. The molecule has 1 aromatic carbocycles. The lowest BCUT2D eigenvalue weighted by molar-refractivity contribution is -0.113. The Morgan fingerprint density at radius 3 is 2.74 bits per heavy atom. The number of fused-ring (bicyclic) bond motifs is 1. The Hall–Kier alpha value is -2.02. The molecule has 0 aliphatic carbocycles. The molecule has 0 radical (unpaired) electrons. The quantitative estimate of drug-likeness (QED) is 0.644. The largest absolute Gasteiger partial charge is 0.310 e. The van der Waals surface area contributed by atoms with Gasteiger partial charge in [0.25, 0.3) is 0 Å². The summed E-state index contributed by atoms with van der Waals surface area (Å²) >= 11 is 13.9. The second kappa shape index (κ2) is 7.19. The molecular formula is C19H16Cl2N4OS. The molecule has 1 amide bonds. The number of benzene rings is 1. The van der Waals surface area contributed by atoms with Gasteiger partial charge in [0.2, 0.25) is 5.91 Å². The smallest absolute Gasteiger partial charge is 0.235 e. The Kier molecular flexibility index (Phi) is 4.88. The first-order chi connectivity index (χ1) is 12.9. The molecule has 1 aliphatic rings. The van der Waals surface area contributed by atoms with Crippen molar-refractivity contribution < 1.29 is 4.79 Å². The van der Waals surface area contributed by atoms with E-state index in [0.717, 1.165) is 16.7 Å². The van der Waals surface area contributed by atoms with Crippen LogP contribution in [-0.2, 0) is 11.8 Å². The number of thioether (sulfide) groups is 1. The van der Waals surface area contributed by atoms with Gasteiger partial charge < -0.3 is 5.32 Å². The number of anilines is 1. The number of amides is 1. The normalized spacial score (nSPS) is 16.6. The number of pyridine rings is 1. The van der Waals surface area contributed by atoms with E-state index in [9.17, 15) is 4.79 Å². The third-order valence-electron chi connectivity index (χ3n) is 4.46. The van der Waals surface area contributed by atoms with Crippen LogP contribution in [0.1, 0.15) is 21.9 Å². The molecule has 0 spiro atoms. The summed E-state index contributed by atoms with van der Waals surface area (Å²) in [7, 11) is 1.81. The Morgan fingerprint density at radius 1 is 1.22 bits per heavy atom. The summed E-state index contributed by atoms with van der Waals surface area (Å²) in [4.78, 5) is 16.7. The van der Waals surface area contributed by atoms with Crippen LogP contribution in [0.15, 0.2) is 36.5 Å². The molecule has 1 N–H and O–H groups in total. The number of hydrogen-bond donors (Lipinski definition) is 1. The molecule has 8 heteroatoms. The highest BCUT2D eigenvalue weighted by atomic mass is 35.5. The topological polar surface area (TPSA) is 59.8 Å². The van der Waals surface area contributed by atoms with Crippen molar-refractivity contribution in [2.45, 2.75) is 12.2 Å². The number of aromatic nitrogens is 3. The van der Waals surface area contributed by atoms with E-state index in [1.165, 1.54) is 0 Å². The maximum Gasteiger partial charge on any atom is 0.235 e. The van der Waals surface area contributed by atoms with Gasteiger partial charge in [-0.25, -0.2) is 0 Å². The molecule has 1 unspecified atom stereocenters. The number of carbonyl (C=O) groups is 1. The fourth-order valence-corrected chi connectivity index (χ4v) is 4.86. The van der Waals surface area contributed by atoms with Crippen molar-refractivity contribution in [3.8, 4) is 11.4 Å². The molecule has 5 nitrogen and oxygen atoms in total. The Labute approximate surface area is 171 Å². The lowest BCUT2D eigenvalue weighted by Gasteiger charge is -2.18. The SMILES string of the molecule is Cc1cc(Cl)ccc1C1SCC(=O)Nc2c1c(-c1cc(Cl)ccn1)nn2C. The second-order valence-corrected chi connectivity index (χ2v) is 8.30. The van der Waals surface area contributed by atoms with Crippen molar-refractivity contribution >= 4 is 46.7 Å². The second-order valence-electron chi connectivity index (χ2n) is 6.33. The number of aryl methyl sites for hydroxylation is 2. The number of nitrogens with zero attached hydrogens (tertiary/aromatic N) is 3. The van der Waals surface area contributed by atoms with Gasteiger partial charge >= 0.3 is 0 Å². The summed E-state index contributed by atoms with van der Waals surface area (Å²) in [6.07, 6.45) is 1.66. The van der Waals surface area contributed by atoms with E-state index in [4.69, 9.17) is 23.2 Å². The third kappa shape index (κ3) is 3.45. The molecule has 4 rings (SSSR count). The van der Waals surface area contributed by atoms with E-state index in [-0.39, 0.29) is 11.2 Å². The number of halogens is 2. The average molecular weight is 419 g/mol. The molecule has 0 saturated carbocycles. The van der Waals surface area contributed by atoms with Crippen molar-refractivity contribution in [3.05, 3.63) is 63.3 Å². The number of hydrogen-bond acceptors (Lipinski definition) is 4. The van der Waals surface area contributed by atoms with Gasteiger partial charge in [0.15, 0.2) is 0 Å². The summed E-state index contributed by atoms with van der Waals surface area (Å²) in [5, 5.41) is 8.82.